The van der Waals surface area contributed by atoms with Crippen LogP contribution in [0.4, 0.5) is 0 Å². The second-order valence-corrected chi connectivity index (χ2v) is 7.18. The maximum Gasteiger partial charge on any atom is 0.253 e. The lowest BCUT2D eigenvalue weighted by Crippen LogP contribution is -2.47. The Labute approximate surface area is 187 Å². The van der Waals surface area contributed by atoms with Crippen LogP contribution < -0.4 is 14.8 Å². The summed E-state index contributed by atoms with van der Waals surface area (Å²) >= 11 is 0. The number of phenolic OH excluding ortho intramolecular Hbond substituents is 1. The van der Waals surface area contributed by atoms with Crippen LogP contribution in [0.3, 0.4) is 0 Å². The molecule has 7 nitrogen and oxygen atoms in total. The van der Waals surface area contributed by atoms with Gasteiger partial charge in [-0.05, 0) is 60.4 Å². The predicted octanol–water partition coefficient (Wildman–Crippen LogP) is 3.26. The van der Waals surface area contributed by atoms with Gasteiger partial charge in [-0.25, -0.2) is 0 Å². The van der Waals surface area contributed by atoms with E-state index in [4.69, 9.17) is 9.47 Å². The first-order valence-corrected chi connectivity index (χ1v) is 10.1. The van der Waals surface area contributed by atoms with Crippen LogP contribution in [0.2, 0.25) is 0 Å². The molecule has 0 saturated carbocycles. The lowest BCUT2D eigenvalue weighted by molar-refractivity contribution is -0.0450. The number of phenols is 1. The molecule has 32 heavy (non-hydrogen) atoms. The van der Waals surface area contributed by atoms with Gasteiger partial charge in [-0.2, -0.15) is 0 Å². The summed E-state index contributed by atoms with van der Waals surface area (Å²) in [7, 11) is 1.52. The quantitative estimate of drug-likeness (QED) is 0.335. The summed E-state index contributed by atoms with van der Waals surface area (Å²) in [6.45, 7) is 3.73. The first-order valence-electron chi connectivity index (χ1n) is 10.1. The number of aromatic hydroxyl groups is 1. The van der Waals surface area contributed by atoms with Gasteiger partial charge in [0, 0.05) is 12.4 Å². The number of carbonyl (C=O) groups is 1. The van der Waals surface area contributed by atoms with Crippen LogP contribution in [-0.2, 0) is 12.8 Å². The molecule has 7 heteroatoms. The molecule has 2 atom stereocenters. The van der Waals surface area contributed by atoms with Crippen molar-refractivity contribution >= 4 is 5.91 Å². The van der Waals surface area contributed by atoms with Gasteiger partial charge >= 0.3 is 0 Å². The Kier molecular flexibility index (Phi) is 7.83. The molecule has 1 aromatic heterocycles. The number of rotatable bonds is 10. The molecule has 1 heterocycles. The van der Waals surface area contributed by atoms with E-state index in [0.29, 0.717) is 23.5 Å². The number of nitrogens with one attached hydrogen (secondary N) is 1. The normalized spacial score (nSPS) is 12.4. The van der Waals surface area contributed by atoms with Gasteiger partial charge < -0.3 is 25.0 Å². The number of allylic oxidation sites excluding steroid dienone is 1. The number of methoxy groups -OCH3 is 1. The van der Waals surface area contributed by atoms with Crippen molar-refractivity contribution in [2.45, 2.75) is 25.2 Å². The van der Waals surface area contributed by atoms with Gasteiger partial charge in [0.1, 0.15) is 5.75 Å². The van der Waals surface area contributed by atoms with Crippen molar-refractivity contribution in [3.63, 3.8) is 0 Å². The van der Waals surface area contributed by atoms with Crippen molar-refractivity contribution in [2.75, 3.05) is 7.11 Å². The van der Waals surface area contributed by atoms with Gasteiger partial charge in [0.05, 0.1) is 18.7 Å². The molecule has 3 N–H and O–H groups in total. The van der Waals surface area contributed by atoms with Crippen LogP contribution in [0.15, 0.2) is 79.6 Å². The van der Waals surface area contributed by atoms with Gasteiger partial charge in [-0.1, -0.05) is 24.3 Å². The van der Waals surface area contributed by atoms with Gasteiger partial charge in [-0.15, -0.1) is 6.58 Å². The molecular weight excluding hydrogens is 408 g/mol. The van der Waals surface area contributed by atoms with E-state index >= 15 is 0 Å². The number of nitrogens with zero attached hydrogens (tertiary/aromatic N) is 1. The second-order valence-electron chi connectivity index (χ2n) is 7.18. The van der Waals surface area contributed by atoms with E-state index in [-0.39, 0.29) is 12.2 Å². The average Bonchev–Trinajstić information content (AvgIpc) is 2.81. The van der Waals surface area contributed by atoms with Crippen molar-refractivity contribution in [1.82, 2.24) is 10.3 Å². The topological polar surface area (TPSA) is 101 Å². The maximum absolute atomic E-state index is 12.7. The SMILES string of the molecule is C=CCc1ccc(OC(O)C(Cc2ccc(O)cc2)NC(=O)c2cccnc2)c(OC)c1. The highest BCUT2D eigenvalue weighted by Crippen LogP contribution is 2.29. The fourth-order valence-corrected chi connectivity index (χ4v) is 3.17. The molecule has 0 saturated heterocycles. The molecule has 0 bridgehead atoms. The molecule has 0 aliphatic carbocycles. The number of aliphatic hydroxyl groups excluding tert-OH is 1. The van der Waals surface area contributed by atoms with Crippen LogP contribution in [0.1, 0.15) is 21.5 Å². The number of carbonyl (C=O) groups excluding carboxylic acids is 1. The van der Waals surface area contributed by atoms with Crippen molar-refractivity contribution in [2.24, 2.45) is 0 Å². The number of amides is 1. The highest BCUT2D eigenvalue weighted by atomic mass is 16.6. The van der Waals surface area contributed by atoms with Gasteiger partial charge in [0.25, 0.3) is 5.91 Å². The Bertz CT molecular complexity index is 1040. The summed E-state index contributed by atoms with van der Waals surface area (Å²) in [5.74, 6) is 0.549. The standard InChI is InChI=1S/C25H26N2O5/c1-3-5-17-9-12-22(23(15-17)31-2)32-25(30)21(14-18-7-10-20(28)11-8-18)27-24(29)19-6-4-13-26-16-19/h3-4,6-13,15-16,21,25,28,30H,1,5,14H2,2H3,(H,27,29). The van der Waals surface area contributed by atoms with E-state index in [1.54, 1.807) is 54.7 Å². The molecule has 166 valence electrons. The lowest BCUT2D eigenvalue weighted by Gasteiger charge is -2.26. The number of benzene rings is 2. The zero-order valence-corrected chi connectivity index (χ0v) is 17.8. The molecule has 0 fully saturated rings. The largest absolute Gasteiger partial charge is 0.508 e. The molecular formula is C25H26N2O5. The molecule has 0 aliphatic heterocycles. The van der Waals surface area contributed by atoms with E-state index in [1.807, 2.05) is 12.1 Å². The highest BCUT2D eigenvalue weighted by Gasteiger charge is 2.25. The number of hydrogen-bond acceptors (Lipinski definition) is 6. The molecule has 2 unspecified atom stereocenters. The number of aromatic nitrogens is 1. The van der Waals surface area contributed by atoms with Gasteiger partial charge in [0.2, 0.25) is 6.29 Å². The predicted molar refractivity (Wildman–Crippen MR) is 121 cm³/mol. The van der Waals surface area contributed by atoms with Crippen molar-refractivity contribution < 1.29 is 24.5 Å². The Morgan fingerprint density at radius 2 is 1.91 bits per heavy atom. The smallest absolute Gasteiger partial charge is 0.253 e. The van der Waals surface area contributed by atoms with Gasteiger partial charge in [0.15, 0.2) is 11.5 Å². The molecule has 0 aliphatic rings. The third-order valence-electron chi connectivity index (χ3n) is 4.83. The molecule has 3 aromatic rings. The number of aliphatic hydroxyl groups is 1. The average molecular weight is 434 g/mol. The van der Waals surface area contributed by atoms with E-state index in [9.17, 15) is 15.0 Å². The molecule has 3 rings (SSSR count). The maximum atomic E-state index is 12.7. The third-order valence-corrected chi connectivity index (χ3v) is 4.83. The monoisotopic (exact) mass is 434 g/mol. The van der Waals surface area contributed by atoms with E-state index in [0.717, 1.165) is 11.1 Å². The summed E-state index contributed by atoms with van der Waals surface area (Å²) in [6, 6.07) is 14.4. The lowest BCUT2D eigenvalue weighted by atomic mass is 10.0. The Morgan fingerprint density at radius 3 is 2.56 bits per heavy atom. The minimum Gasteiger partial charge on any atom is -0.508 e. The van der Waals surface area contributed by atoms with Crippen LogP contribution in [0.5, 0.6) is 17.2 Å². The molecule has 1 amide bonds. The molecule has 0 radical (unpaired) electrons. The minimum absolute atomic E-state index is 0.130. The van der Waals surface area contributed by atoms with E-state index < -0.39 is 18.2 Å². The number of hydrogen-bond donors (Lipinski definition) is 3. The second kappa shape index (κ2) is 11.0. The fraction of sp³-hybridized carbons (Fsp3) is 0.200. The van der Waals surface area contributed by atoms with Crippen LogP contribution >= 0.6 is 0 Å². The first-order chi connectivity index (χ1) is 15.5. The Balaban J connectivity index is 1.82. The van der Waals surface area contributed by atoms with Crippen LogP contribution in [-0.4, -0.2) is 40.5 Å². The van der Waals surface area contributed by atoms with E-state index in [1.165, 1.54) is 13.3 Å². The van der Waals surface area contributed by atoms with Crippen molar-refractivity contribution in [3.05, 3.63) is 96.3 Å². The Hall–Kier alpha value is -3.84. The van der Waals surface area contributed by atoms with Crippen molar-refractivity contribution in [3.8, 4) is 17.2 Å². The summed E-state index contributed by atoms with van der Waals surface area (Å²) < 4.78 is 11.2. The summed E-state index contributed by atoms with van der Waals surface area (Å²) in [4.78, 5) is 16.7. The van der Waals surface area contributed by atoms with Crippen molar-refractivity contribution in [1.29, 1.82) is 0 Å². The van der Waals surface area contributed by atoms with Crippen LogP contribution in [0, 0.1) is 0 Å². The molecule has 0 spiro atoms. The summed E-state index contributed by atoms with van der Waals surface area (Å²) in [5, 5.41) is 23.2. The fourth-order valence-electron chi connectivity index (χ4n) is 3.17. The number of pyridine rings is 1. The number of ether oxygens (including phenoxy) is 2. The Morgan fingerprint density at radius 1 is 1.16 bits per heavy atom. The zero-order valence-electron chi connectivity index (χ0n) is 17.8. The first kappa shape index (κ1) is 22.8. The molecule has 2 aromatic carbocycles. The van der Waals surface area contributed by atoms with E-state index in [2.05, 4.69) is 16.9 Å². The third kappa shape index (κ3) is 6.09. The van der Waals surface area contributed by atoms with Crippen LogP contribution in [0.25, 0.3) is 0 Å². The van der Waals surface area contributed by atoms with Gasteiger partial charge in [-0.3, -0.25) is 9.78 Å². The highest BCUT2D eigenvalue weighted by molar-refractivity contribution is 5.94. The summed E-state index contributed by atoms with van der Waals surface area (Å²) in [6.07, 6.45) is 4.37. The minimum atomic E-state index is -1.37. The zero-order chi connectivity index (χ0) is 22.9. The summed E-state index contributed by atoms with van der Waals surface area (Å²) in [5.41, 5.74) is 2.15.